The summed E-state index contributed by atoms with van der Waals surface area (Å²) in [6.07, 6.45) is -18.0. The van der Waals surface area contributed by atoms with Crippen LogP contribution in [-0.2, 0) is 30.1 Å². The van der Waals surface area contributed by atoms with Gasteiger partial charge in [-0.05, 0) is 23.9 Å². The van der Waals surface area contributed by atoms with Gasteiger partial charge in [0.25, 0.3) is 0 Å². The molecule has 0 saturated carbocycles. The number of fused-ring (bicyclic) bond motifs is 1. The first kappa shape index (κ1) is 37.1. The minimum atomic E-state index is -6.63. The Morgan fingerprint density at radius 2 is 1.30 bits per heavy atom. The van der Waals surface area contributed by atoms with E-state index in [0.717, 1.165) is 34.4 Å². The molecule has 2 atom stereocenters. The van der Waals surface area contributed by atoms with Crippen LogP contribution >= 0.6 is 11.3 Å². The number of hydrogen-bond donors (Lipinski definition) is 0. The Kier molecular flexibility index (Phi) is 10.2. The van der Waals surface area contributed by atoms with E-state index in [4.69, 9.17) is 0 Å². The second-order valence-corrected chi connectivity index (χ2v) is 18.2. The predicted molar refractivity (Wildman–Crippen MR) is 145 cm³/mol. The molecule has 7 rings (SSSR count). The molecule has 2 aliphatic carbocycles. The first-order valence-corrected chi connectivity index (χ1v) is 18.3. The van der Waals surface area contributed by atoms with Gasteiger partial charge in [0.1, 0.15) is 0 Å². The van der Waals surface area contributed by atoms with Crippen molar-refractivity contribution >= 4 is 30.7 Å². The van der Waals surface area contributed by atoms with E-state index in [1.165, 1.54) is 24.7 Å². The largest absolute Gasteiger partial charge is 1.00 e. The molecule has 3 aromatic rings. The summed E-state index contributed by atoms with van der Waals surface area (Å²) in [6.45, 7) is 9.24. The van der Waals surface area contributed by atoms with Gasteiger partial charge in [0.15, 0.2) is 0 Å². The SMILES string of the molecule is CC1=C2c3ccsc3C1[Si]2(C)C.CC1=Cc2c(-c3ccc(C(C(F)(F)F)(C(F)(F)F)C(F)(F)F)cc3)cccc2[CH]1[Zr+2].[Cl-].[Cl-]. The standard InChI is InChI=1S/C20H12F9.C10H12SSi.2ClH.Zr/c1-11-9-13-3-2-4-15(16(13)10-11)12-5-7-14(8-6-12)17(18(21,22)23,19(24,25)26)20(27,28)29;1-6-9-7-4-5-11-8(7)10(6)12(9,2)3;;;/h2-10H,1H3;4-5,10H,1-3H3;2*1H;/q;;;;+2/p-2. The smallest absolute Gasteiger partial charge is 1.00 e. The number of rotatable bonds is 2. The minimum Gasteiger partial charge on any atom is -1.00 e. The molecular formula is C30H24Cl2F9SSiZr. The van der Waals surface area contributed by atoms with Gasteiger partial charge in [-0.15, -0.1) is 11.3 Å². The van der Waals surface area contributed by atoms with Gasteiger partial charge in [0, 0.05) is 10.4 Å². The number of alkyl halides is 9. The summed E-state index contributed by atoms with van der Waals surface area (Å²) in [4.78, 5) is 1.68. The van der Waals surface area contributed by atoms with E-state index in [0.29, 0.717) is 5.56 Å². The predicted octanol–water partition coefficient (Wildman–Crippen LogP) is 4.71. The summed E-state index contributed by atoms with van der Waals surface area (Å²) in [5.41, 5.74) is -0.173. The van der Waals surface area contributed by atoms with E-state index in [-0.39, 0.29) is 46.1 Å². The topological polar surface area (TPSA) is 0 Å². The molecule has 14 heteroatoms. The van der Waals surface area contributed by atoms with Gasteiger partial charge in [-0.1, -0.05) is 23.9 Å². The maximum atomic E-state index is 13.3. The van der Waals surface area contributed by atoms with Crippen LogP contribution in [-0.4, -0.2) is 26.6 Å². The third-order valence-electron chi connectivity index (χ3n) is 8.60. The zero-order valence-corrected chi connectivity index (χ0v) is 29.3. The van der Waals surface area contributed by atoms with Gasteiger partial charge >= 0.3 is 181 Å². The van der Waals surface area contributed by atoms with Crippen LogP contribution in [0.4, 0.5) is 39.5 Å². The Labute approximate surface area is 281 Å². The molecule has 1 aromatic heterocycles. The number of allylic oxidation sites excluding steroid dienone is 2. The molecule has 4 aliphatic rings. The van der Waals surface area contributed by atoms with E-state index in [1.807, 2.05) is 30.4 Å². The van der Waals surface area contributed by atoms with Crippen LogP contribution in [0.15, 0.2) is 65.1 Å². The van der Waals surface area contributed by atoms with Crippen LogP contribution in [0, 0.1) is 0 Å². The maximum Gasteiger partial charge on any atom is -1.00 e. The molecule has 0 saturated heterocycles. The fourth-order valence-electron chi connectivity index (χ4n) is 6.77. The van der Waals surface area contributed by atoms with E-state index in [1.54, 1.807) is 33.3 Å². The van der Waals surface area contributed by atoms with Gasteiger partial charge < -0.3 is 24.8 Å². The number of thiophene rings is 1. The van der Waals surface area contributed by atoms with E-state index in [2.05, 4.69) is 31.5 Å². The van der Waals surface area contributed by atoms with Gasteiger partial charge in [-0.25, -0.2) is 0 Å². The van der Waals surface area contributed by atoms with Gasteiger partial charge in [-0.2, -0.15) is 0 Å². The van der Waals surface area contributed by atoms with Crippen molar-refractivity contribution in [2.24, 2.45) is 0 Å². The Bertz CT molecular complexity index is 1580. The van der Waals surface area contributed by atoms with E-state index in [9.17, 15) is 39.5 Å². The van der Waals surface area contributed by atoms with Crippen molar-refractivity contribution in [1.82, 2.24) is 0 Å². The molecule has 0 nitrogen and oxygen atoms in total. The van der Waals surface area contributed by atoms with Gasteiger partial charge in [0.2, 0.25) is 0 Å². The quantitative estimate of drug-likeness (QED) is 0.262. The van der Waals surface area contributed by atoms with Crippen molar-refractivity contribution in [2.75, 3.05) is 0 Å². The van der Waals surface area contributed by atoms with Crippen molar-refractivity contribution < 1.29 is 89.0 Å². The van der Waals surface area contributed by atoms with Crippen LogP contribution in [0.1, 0.15) is 50.1 Å². The Morgan fingerprint density at radius 1 is 0.750 bits per heavy atom. The van der Waals surface area contributed by atoms with Gasteiger partial charge in [-0.3, -0.25) is 0 Å². The second-order valence-electron chi connectivity index (χ2n) is 11.4. The normalized spacial score (nSPS) is 19.9. The zero-order chi connectivity index (χ0) is 31.2. The molecule has 2 aromatic carbocycles. The fourth-order valence-corrected chi connectivity index (χ4v) is 13.9. The zero-order valence-electron chi connectivity index (χ0n) is 23.5. The van der Waals surface area contributed by atoms with Crippen molar-refractivity contribution in [3.05, 3.63) is 92.2 Å². The molecule has 3 heterocycles. The molecule has 2 aliphatic heterocycles. The first-order valence-electron chi connectivity index (χ1n) is 12.9. The minimum absolute atomic E-state index is 0. The summed E-state index contributed by atoms with van der Waals surface area (Å²) in [5, 5.41) is 4.01. The van der Waals surface area contributed by atoms with E-state index < -0.39 is 37.6 Å². The van der Waals surface area contributed by atoms with Crippen LogP contribution in [0.2, 0.25) is 13.1 Å². The monoisotopic (exact) mass is 775 g/mol. The maximum absolute atomic E-state index is 13.3. The van der Waals surface area contributed by atoms with Gasteiger partial charge in [0.05, 0.1) is 8.07 Å². The Balaban J connectivity index is 0.000000313. The van der Waals surface area contributed by atoms with Crippen molar-refractivity contribution in [3.8, 4) is 11.1 Å². The molecule has 0 N–H and O–H groups in total. The Morgan fingerprint density at radius 3 is 1.77 bits per heavy atom. The summed E-state index contributed by atoms with van der Waals surface area (Å²) in [6, 6.07) is 9.73. The molecule has 0 radical (unpaired) electrons. The molecule has 0 spiro atoms. The van der Waals surface area contributed by atoms with Crippen LogP contribution in [0.5, 0.6) is 0 Å². The molecule has 0 amide bonds. The van der Waals surface area contributed by atoms with Crippen molar-refractivity contribution in [1.29, 1.82) is 0 Å². The average molecular weight is 778 g/mol. The fraction of sp³-hybridized carbons (Fsp3) is 0.333. The third kappa shape index (κ3) is 5.32. The molecule has 44 heavy (non-hydrogen) atoms. The van der Waals surface area contributed by atoms with Crippen LogP contribution in [0.25, 0.3) is 22.4 Å². The summed E-state index contributed by atoms with van der Waals surface area (Å²) in [7, 11) is -0.972. The van der Waals surface area contributed by atoms with E-state index >= 15 is 0 Å². The van der Waals surface area contributed by atoms with Crippen LogP contribution in [0.3, 0.4) is 0 Å². The second kappa shape index (κ2) is 12.0. The molecule has 2 bridgehead atoms. The number of halogens is 11. The first-order chi connectivity index (χ1) is 19.3. The number of hydrogen-bond acceptors (Lipinski definition) is 1. The average Bonchev–Trinajstić information content (AvgIpc) is 3.54. The van der Waals surface area contributed by atoms with Crippen LogP contribution < -0.4 is 24.8 Å². The summed E-state index contributed by atoms with van der Waals surface area (Å²) >= 11 is 3.17. The van der Waals surface area contributed by atoms with Crippen molar-refractivity contribution in [2.45, 2.75) is 60.1 Å². The molecular weight excluding hydrogens is 754 g/mol. The molecule has 235 valence electrons. The summed E-state index contributed by atoms with van der Waals surface area (Å²) in [5.74, 6) is 0. The molecule has 0 fully saturated rings. The summed E-state index contributed by atoms with van der Waals surface area (Å²) < 4.78 is 120. The Hall–Kier alpha value is -1.33. The van der Waals surface area contributed by atoms with Crippen molar-refractivity contribution in [3.63, 3.8) is 0 Å². The number of benzene rings is 2. The molecule has 2 unspecified atom stereocenters. The third-order valence-corrected chi connectivity index (χ3v) is 15.8.